The fourth-order valence-electron chi connectivity index (χ4n) is 1.89. The Morgan fingerprint density at radius 1 is 1.53 bits per heavy atom. The van der Waals surface area contributed by atoms with Gasteiger partial charge in [-0.3, -0.25) is 4.39 Å². The molecule has 0 aromatic rings. The maximum absolute atomic E-state index is 12.5. The average Bonchev–Trinajstić information content (AvgIpc) is 2.30. The highest BCUT2D eigenvalue weighted by molar-refractivity contribution is 5.67. The highest BCUT2D eigenvalue weighted by Crippen LogP contribution is 2.20. The van der Waals surface area contributed by atoms with Crippen LogP contribution in [-0.4, -0.2) is 25.4 Å². The Hall–Kier alpha value is -1.06. The van der Waals surface area contributed by atoms with Gasteiger partial charge in [0.1, 0.15) is 6.10 Å². The molecule has 0 spiro atoms. The summed E-state index contributed by atoms with van der Waals surface area (Å²) in [6, 6.07) is 0. The van der Waals surface area contributed by atoms with E-state index in [2.05, 4.69) is 5.32 Å². The van der Waals surface area contributed by atoms with Gasteiger partial charge in [0.15, 0.2) is 0 Å². The first kappa shape index (κ1) is 14.0. The van der Waals surface area contributed by atoms with Crippen LogP contribution in [0.25, 0.3) is 0 Å². The van der Waals surface area contributed by atoms with E-state index in [9.17, 15) is 9.18 Å². The molecule has 0 aromatic carbocycles. The number of ether oxygens (including phenoxy) is 1. The Morgan fingerprint density at radius 3 is 3.06 bits per heavy atom. The number of hydrogen-bond donors (Lipinski definition) is 1. The standard InChI is InChI=1S/C13H22FNO2/c1-2-9-15-13(16)17-12-7-3-5-11(10-14)6-4-8-12/h3,7,11-12H,2,4-6,8-10H2,1H3,(H,15,16)/b7-3+/i14-1. The third-order valence-corrected chi connectivity index (χ3v) is 2.92. The lowest BCUT2D eigenvalue weighted by Gasteiger charge is -2.19. The summed E-state index contributed by atoms with van der Waals surface area (Å²) in [5.74, 6) is 0.140. The normalized spacial score (nSPS) is 26.7. The Morgan fingerprint density at radius 2 is 2.35 bits per heavy atom. The predicted octanol–water partition coefficient (Wildman–Crippen LogP) is 3.21. The average molecular weight is 242 g/mol. The second kappa shape index (κ2) is 8.09. The van der Waals surface area contributed by atoms with E-state index in [-0.39, 0.29) is 24.8 Å². The minimum absolute atomic E-state index is 0.140. The zero-order chi connectivity index (χ0) is 12.5. The quantitative estimate of drug-likeness (QED) is 0.769. The van der Waals surface area contributed by atoms with Gasteiger partial charge in [0.25, 0.3) is 0 Å². The second-order valence-electron chi connectivity index (χ2n) is 4.49. The first-order valence-electron chi connectivity index (χ1n) is 6.43. The summed E-state index contributed by atoms with van der Waals surface area (Å²) in [6.07, 6.45) is 7.50. The lowest BCUT2D eigenvalue weighted by Crippen LogP contribution is -2.29. The van der Waals surface area contributed by atoms with Crippen molar-refractivity contribution < 1.29 is 13.9 Å². The second-order valence-corrected chi connectivity index (χ2v) is 4.49. The Bertz CT molecular complexity index is 256. The van der Waals surface area contributed by atoms with Crippen LogP contribution in [0.2, 0.25) is 0 Å². The molecule has 3 nitrogen and oxygen atoms in total. The number of carbonyl (C=O) groups is 1. The number of halogens is 1. The summed E-state index contributed by atoms with van der Waals surface area (Å²) < 4.78 is 17.8. The van der Waals surface area contributed by atoms with Crippen LogP contribution >= 0.6 is 0 Å². The molecular weight excluding hydrogens is 220 g/mol. The number of nitrogens with one attached hydrogen (secondary N) is 1. The largest absolute Gasteiger partial charge is 0.442 e. The van der Waals surface area contributed by atoms with Gasteiger partial charge in [-0.25, -0.2) is 4.79 Å². The lowest BCUT2D eigenvalue weighted by molar-refractivity contribution is 0.112. The van der Waals surface area contributed by atoms with E-state index in [4.69, 9.17) is 4.74 Å². The van der Waals surface area contributed by atoms with Crippen LogP contribution in [0.15, 0.2) is 12.2 Å². The number of alkyl halides is 1. The van der Waals surface area contributed by atoms with Crippen LogP contribution in [0.1, 0.15) is 39.0 Å². The van der Waals surface area contributed by atoms with Gasteiger partial charge < -0.3 is 10.1 Å². The molecule has 2 atom stereocenters. The van der Waals surface area contributed by atoms with Crippen LogP contribution in [-0.2, 0) is 4.74 Å². The highest BCUT2D eigenvalue weighted by Gasteiger charge is 2.15. The van der Waals surface area contributed by atoms with Crippen molar-refractivity contribution in [2.45, 2.75) is 45.1 Å². The van der Waals surface area contributed by atoms with Crippen molar-refractivity contribution in [3.05, 3.63) is 12.2 Å². The number of alkyl carbamates (subject to hydrolysis) is 1. The molecule has 0 saturated heterocycles. The van der Waals surface area contributed by atoms with Crippen LogP contribution in [0.5, 0.6) is 0 Å². The van der Waals surface area contributed by atoms with Gasteiger partial charge in [0.05, 0.1) is 6.67 Å². The number of allylic oxidation sites excluding steroid dienone is 1. The topological polar surface area (TPSA) is 38.3 Å². The summed E-state index contributed by atoms with van der Waals surface area (Å²) in [6.45, 7) is 2.37. The number of rotatable bonds is 4. The number of carbonyl (C=O) groups excluding carboxylic acids is 1. The van der Waals surface area contributed by atoms with Crippen molar-refractivity contribution in [3.8, 4) is 0 Å². The summed E-state index contributed by atoms with van der Waals surface area (Å²) >= 11 is 0. The molecular formula is C13H22FNO2. The van der Waals surface area contributed by atoms with Gasteiger partial charge in [-0.1, -0.05) is 13.0 Å². The smallest absolute Gasteiger partial charge is 0.407 e. The molecule has 1 N–H and O–H groups in total. The maximum atomic E-state index is 12.5. The molecule has 1 aliphatic carbocycles. The van der Waals surface area contributed by atoms with Gasteiger partial charge >= 0.3 is 6.09 Å². The molecule has 0 aromatic heterocycles. The summed E-state index contributed by atoms with van der Waals surface area (Å²) in [4.78, 5) is 11.4. The first-order chi connectivity index (χ1) is 8.26. The van der Waals surface area contributed by atoms with Crippen molar-refractivity contribution >= 4 is 6.09 Å². The molecule has 0 radical (unpaired) electrons. The number of hydrogen-bond acceptors (Lipinski definition) is 2. The highest BCUT2D eigenvalue weighted by atomic mass is 18.2. The molecule has 17 heavy (non-hydrogen) atoms. The van der Waals surface area contributed by atoms with Crippen molar-refractivity contribution in [1.29, 1.82) is 0 Å². The van der Waals surface area contributed by atoms with Crippen molar-refractivity contribution in [3.63, 3.8) is 0 Å². The summed E-state index contributed by atoms with van der Waals surface area (Å²) in [7, 11) is 0. The molecule has 1 amide bonds. The Kier molecular flexibility index (Phi) is 6.67. The molecule has 0 heterocycles. The molecule has 0 bridgehead atoms. The molecule has 4 heteroatoms. The van der Waals surface area contributed by atoms with Gasteiger partial charge in [0, 0.05) is 6.54 Å². The van der Waals surface area contributed by atoms with Gasteiger partial charge in [0.2, 0.25) is 0 Å². The van der Waals surface area contributed by atoms with Crippen LogP contribution in [0.4, 0.5) is 9.18 Å². The van der Waals surface area contributed by atoms with E-state index >= 15 is 0 Å². The predicted molar refractivity (Wildman–Crippen MR) is 65.6 cm³/mol. The zero-order valence-corrected chi connectivity index (χ0v) is 10.5. The van der Waals surface area contributed by atoms with Crippen LogP contribution in [0, 0.1) is 5.92 Å². The van der Waals surface area contributed by atoms with Crippen LogP contribution < -0.4 is 5.32 Å². The maximum Gasteiger partial charge on any atom is 0.407 e. The van der Waals surface area contributed by atoms with E-state index in [1.54, 1.807) is 0 Å². The lowest BCUT2D eigenvalue weighted by atomic mass is 9.95. The van der Waals surface area contributed by atoms with Crippen molar-refractivity contribution in [1.82, 2.24) is 5.32 Å². The fraction of sp³-hybridized carbons (Fsp3) is 0.769. The SMILES string of the molecule is CCCNC(=O)OC1/C=C/CC(C[18F])CCC1. The van der Waals surface area contributed by atoms with E-state index in [1.165, 1.54) is 0 Å². The molecule has 0 saturated carbocycles. The van der Waals surface area contributed by atoms with E-state index in [1.807, 2.05) is 19.1 Å². The van der Waals surface area contributed by atoms with Crippen LogP contribution in [0.3, 0.4) is 0 Å². The van der Waals surface area contributed by atoms with E-state index < -0.39 is 0 Å². The zero-order valence-electron chi connectivity index (χ0n) is 10.5. The molecule has 0 aliphatic heterocycles. The monoisotopic (exact) mass is 242 g/mol. The molecule has 2 unspecified atom stereocenters. The first-order valence-corrected chi connectivity index (χ1v) is 6.43. The third-order valence-electron chi connectivity index (χ3n) is 2.92. The minimum atomic E-state index is -0.357. The molecule has 98 valence electrons. The van der Waals surface area contributed by atoms with E-state index in [0.29, 0.717) is 6.54 Å². The van der Waals surface area contributed by atoms with Crippen molar-refractivity contribution in [2.24, 2.45) is 5.92 Å². The molecule has 1 aliphatic rings. The molecule has 0 fully saturated rings. The number of amides is 1. The van der Waals surface area contributed by atoms with E-state index in [0.717, 1.165) is 32.1 Å². The summed E-state index contributed by atoms with van der Waals surface area (Å²) in [5, 5.41) is 2.68. The van der Waals surface area contributed by atoms with Gasteiger partial charge in [-0.2, -0.15) is 0 Å². The van der Waals surface area contributed by atoms with Gasteiger partial charge in [-0.15, -0.1) is 0 Å². The Labute approximate surface area is 102 Å². The van der Waals surface area contributed by atoms with Gasteiger partial charge in [-0.05, 0) is 44.1 Å². The molecule has 1 rings (SSSR count). The fourth-order valence-corrected chi connectivity index (χ4v) is 1.89. The minimum Gasteiger partial charge on any atom is -0.442 e. The Balaban J connectivity index is 2.33. The summed E-state index contributed by atoms with van der Waals surface area (Å²) in [5.41, 5.74) is 0. The van der Waals surface area contributed by atoms with Crippen molar-refractivity contribution in [2.75, 3.05) is 13.2 Å². The third kappa shape index (κ3) is 5.71.